The normalized spacial score (nSPS) is 18.3. The Morgan fingerprint density at radius 2 is 1.22 bits per heavy atom. The molecule has 3 rings (SSSR count). The number of benzene rings is 1. The Hall–Kier alpha value is -5.69. The number of hydrogen-bond acceptors (Lipinski definition) is 15. The average molecular weight is 978 g/mol. The quantitative estimate of drug-likeness (QED) is 0.0438. The molecular weight excluding hydrogens is 911 g/mol. The maximum Gasteiger partial charge on any atom is 0.326 e. The number of anilines is 1. The largest absolute Gasteiger partial charge is 0.480 e. The number of thioether (sulfide) groups is 1. The van der Waals surface area contributed by atoms with Crippen molar-refractivity contribution in [1.82, 2.24) is 40.4 Å². The van der Waals surface area contributed by atoms with E-state index >= 15 is 0 Å². The summed E-state index contributed by atoms with van der Waals surface area (Å²) in [5.74, 6) is -7.13. The van der Waals surface area contributed by atoms with Gasteiger partial charge < -0.3 is 41.7 Å². The number of urea groups is 1. The minimum Gasteiger partial charge on any atom is -0.480 e. The van der Waals surface area contributed by atoms with Crippen LogP contribution in [0.3, 0.4) is 0 Å². The molecule has 24 heteroatoms. The molecule has 2 aliphatic rings. The molecule has 68 heavy (non-hydrogen) atoms. The van der Waals surface area contributed by atoms with Gasteiger partial charge in [-0.25, -0.2) is 9.59 Å². The lowest BCUT2D eigenvalue weighted by Crippen LogP contribution is -2.49. The van der Waals surface area contributed by atoms with Gasteiger partial charge in [0.15, 0.2) is 5.78 Å². The molecule has 0 spiro atoms. The number of likely N-dealkylation sites (tertiary alicyclic amines) is 1. The van der Waals surface area contributed by atoms with Crippen molar-refractivity contribution in [3.05, 3.63) is 29.8 Å². The molecule has 23 nitrogen and oxygen atoms in total. The maximum atomic E-state index is 13.4. The number of carboxylic acid groups (broad SMARTS) is 4. The van der Waals surface area contributed by atoms with E-state index < -0.39 is 59.6 Å². The number of hydrogen-bond donors (Lipinski definition) is 8. The van der Waals surface area contributed by atoms with Gasteiger partial charge in [-0.1, -0.05) is 26.0 Å². The van der Waals surface area contributed by atoms with Crippen molar-refractivity contribution < 1.29 is 68.4 Å². The summed E-state index contributed by atoms with van der Waals surface area (Å²) >= 11 is 1.46. The minimum atomic E-state index is -1.26. The second kappa shape index (κ2) is 29.3. The number of aliphatic carboxylic acids is 4. The summed E-state index contributed by atoms with van der Waals surface area (Å²) in [5.41, 5.74) is 1.08. The van der Waals surface area contributed by atoms with Crippen molar-refractivity contribution in [3.8, 4) is 0 Å². The van der Waals surface area contributed by atoms with Crippen molar-refractivity contribution in [1.29, 1.82) is 0 Å². The molecule has 0 aliphatic carbocycles. The zero-order valence-electron chi connectivity index (χ0n) is 39.0. The Balaban J connectivity index is 1.51. The van der Waals surface area contributed by atoms with Gasteiger partial charge >= 0.3 is 29.9 Å². The van der Waals surface area contributed by atoms with E-state index in [0.717, 1.165) is 0 Å². The second-order valence-electron chi connectivity index (χ2n) is 17.1. The molecule has 0 radical (unpaired) electrons. The van der Waals surface area contributed by atoms with Crippen LogP contribution >= 0.6 is 11.8 Å². The SMILES string of the molecule is CSCC[C@H](NC(=O)Nc1ccc(CNC(=O)CN2CCN(CC(=O)O)CCN(CC(=O)O)CCN(CC(=O)O)CC2)cc1)C(=O)C[C@@H](C)C(=O)N[C@@H](CCCCN1C(=O)CC(C)C1=O)C(=O)O. The van der Waals surface area contributed by atoms with Gasteiger partial charge in [0.2, 0.25) is 23.6 Å². The number of rotatable bonds is 26. The first-order chi connectivity index (χ1) is 32.2. The number of imide groups is 1. The highest BCUT2D eigenvalue weighted by molar-refractivity contribution is 7.98. The number of carbonyl (C=O) groups excluding carboxylic acids is 6. The van der Waals surface area contributed by atoms with E-state index in [1.54, 1.807) is 50.8 Å². The molecule has 6 amide bonds. The van der Waals surface area contributed by atoms with Crippen LogP contribution in [-0.2, 0) is 49.7 Å². The Kier molecular flexibility index (Phi) is 24.4. The second-order valence-corrected chi connectivity index (χ2v) is 18.1. The molecule has 1 aromatic carbocycles. The third kappa shape index (κ3) is 21.1. The number of nitrogens with one attached hydrogen (secondary N) is 4. The van der Waals surface area contributed by atoms with Crippen LogP contribution in [0.5, 0.6) is 0 Å². The topological polar surface area (TPSA) is 316 Å². The molecule has 0 aromatic heterocycles. The lowest BCUT2D eigenvalue weighted by Gasteiger charge is -2.32. The average Bonchev–Trinajstić information content (AvgIpc) is 3.51. The van der Waals surface area contributed by atoms with Gasteiger partial charge in [-0.3, -0.25) is 62.9 Å². The van der Waals surface area contributed by atoms with Crippen LogP contribution in [0.4, 0.5) is 10.5 Å². The van der Waals surface area contributed by atoms with E-state index in [1.165, 1.54) is 23.6 Å². The number of unbranched alkanes of at least 4 members (excludes halogenated alkanes) is 1. The third-order valence-corrected chi connectivity index (χ3v) is 12.2. The molecular formula is C44H67N9O14S. The monoisotopic (exact) mass is 977 g/mol. The summed E-state index contributed by atoms with van der Waals surface area (Å²) in [7, 11) is 0. The van der Waals surface area contributed by atoms with Gasteiger partial charge in [-0.05, 0) is 55.4 Å². The summed E-state index contributed by atoms with van der Waals surface area (Å²) in [5, 5.41) is 48.8. The number of ketones is 1. The zero-order valence-corrected chi connectivity index (χ0v) is 39.8. The predicted octanol–water partition coefficient (Wildman–Crippen LogP) is -0.249. The van der Waals surface area contributed by atoms with Crippen LogP contribution in [0.15, 0.2) is 24.3 Å². The molecule has 8 N–H and O–H groups in total. The van der Waals surface area contributed by atoms with Crippen LogP contribution in [0.2, 0.25) is 0 Å². The van der Waals surface area contributed by atoms with Crippen LogP contribution in [0.1, 0.15) is 57.9 Å². The molecule has 1 unspecified atom stereocenters. The van der Waals surface area contributed by atoms with Crippen molar-refractivity contribution in [2.45, 2.75) is 71.0 Å². The third-order valence-electron chi connectivity index (χ3n) is 11.5. The predicted molar refractivity (Wildman–Crippen MR) is 249 cm³/mol. The fraction of sp³-hybridized carbons (Fsp3) is 0.636. The summed E-state index contributed by atoms with van der Waals surface area (Å²) in [6.07, 6.45) is 2.73. The zero-order chi connectivity index (χ0) is 50.3. The van der Waals surface area contributed by atoms with Gasteiger partial charge in [0.05, 0.1) is 32.2 Å². The van der Waals surface area contributed by atoms with E-state index in [1.807, 2.05) is 6.26 Å². The molecule has 0 bridgehead atoms. The first kappa shape index (κ1) is 56.6. The number of amides is 6. The van der Waals surface area contributed by atoms with E-state index in [-0.39, 0.29) is 141 Å². The molecule has 378 valence electrons. The van der Waals surface area contributed by atoms with Crippen LogP contribution in [-0.4, -0.2) is 213 Å². The maximum absolute atomic E-state index is 13.4. The van der Waals surface area contributed by atoms with E-state index in [0.29, 0.717) is 29.8 Å². The number of nitrogens with zero attached hydrogens (tertiary/aromatic N) is 5. The molecule has 2 saturated heterocycles. The highest BCUT2D eigenvalue weighted by atomic mass is 32.2. The Labute approximate surface area is 399 Å². The highest BCUT2D eigenvalue weighted by Crippen LogP contribution is 2.20. The van der Waals surface area contributed by atoms with Crippen LogP contribution in [0.25, 0.3) is 0 Å². The van der Waals surface area contributed by atoms with Crippen LogP contribution < -0.4 is 21.3 Å². The molecule has 1 aromatic rings. The Morgan fingerprint density at radius 3 is 1.68 bits per heavy atom. The van der Waals surface area contributed by atoms with E-state index in [2.05, 4.69) is 21.3 Å². The smallest absolute Gasteiger partial charge is 0.326 e. The fourth-order valence-electron chi connectivity index (χ4n) is 7.63. The standard InChI is InChI=1S/C44H67N9O14S/c1-29(41(63)47-34(43(65)66)6-4-5-12-53-37(56)23-30(2)42(53)64)22-35(54)33(11-21-68-3)48-44(67)46-32-9-7-31(8-10-32)24-45-36(55)25-49-13-15-50(26-38(57)58)17-19-52(28-40(61)62)20-18-51(16-14-49)27-39(59)60/h7-10,29-30,33-34H,4-6,11-28H2,1-3H3,(H,45,55)(H,47,63)(H,57,58)(H,59,60)(H,61,62)(H,65,66)(H2,46,48,67)/t29-,30?,33+,34+/m1/s1. The molecule has 2 fully saturated rings. The fourth-order valence-corrected chi connectivity index (χ4v) is 8.11. The van der Waals surface area contributed by atoms with Crippen LogP contribution in [0, 0.1) is 11.8 Å². The van der Waals surface area contributed by atoms with Gasteiger partial charge in [0.25, 0.3) is 0 Å². The first-order valence-electron chi connectivity index (χ1n) is 22.6. The molecule has 2 aliphatic heterocycles. The van der Waals surface area contributed by atoms with Crippen molar-refractivity contribution >= 4 is 76.8 Å². The summed E-state index contributed by atoms with van der Waals surface area (Å²) in [6, 6.07) is 3.72. The summed E-state index contributed by atoms with van der Waals surface area (Å²) < 4.78 is 0. The van der Waals surface area contributed by atoms with E-state index in [9.17, 15) is 68.4 Å². The highest BCUT2D eigenvalue weighted by Gasteiger charge is 2.35. The molecule has 0 saturated carbocycles. The van der Waals surface area contributed by atoms with Gasteiger partial charge in [0, 0.05) is 95.8 Å². The number of carboxylic acids is 4. The minimum absolute atomic E-state index is 0.0523. The summed E-state index contributed by atoms with van der Waals surface area (Å²) in [4.78, 5) is 131. The van der Waals surface area contributed by atoms with Crippen molar-refractivity contribution in [3.63, 3.8) is 0 Å². The van der Waals surface area contributed by atoms with Gasteiger partial charge in [-0.2, -0.15) is 11.8 Å². The summed E-state index contributed by atoms with van der Waals surface area (Å²) in [6.45, 7) is 4.63. The number of carbonyl (C=O) groups is 10. The molecule has 2 heterocycles. The molecule has 4 atom stereocenters. The lowest BCUT2D eigenvalue weighted by molar-refractivity contribution is -0.143. The van der Waals surface area contributed by atoms with E-state index in [4.69, 9.17) is 0 Å². The van der Waals surface area contributed by atoms with Gasteiger partial charge in [0.1, 0.15) is 6.04 Å². The van der Waals surface area contributed by atoms with Gasteiger partial charge in [-0.15, -0.1) is 0 Å². The Morgan fingerprint density at radius 1 is 0.706 bits per heavy atom. The van der Waals surface area contributed by atoms with Crippen molar-refractivity contribution in [2.24, 2.45) is 11.8 Å². The first-order valence-corrected chi connectivity index (χ1v) is 24.0. The number of Topliss-reactive ketones (excluding diaryl/α,β-unsaturated/α-hetero) is 1. The lowest BCUT2D eigenvalue weighted by atomic mass is 9.97. The van der Waals surface area contributed by atoms with Crippen molar-refractivity contribution in [2.75, 3.05) is 102 Å². The Bertz CT molecular complexity index is 1890.